The zero-order valence-corrected chi connectivity index (χ0v) is 20.4. The van der Waals surface area contributed by atoms with Gasteiger partial charge in [-0.15, -0.1) is 0 Å². The Bertz CT molecular complexity index is 1260. The molecule has 170 valence electrons. The lowest BCUT2D eigenvalue weighted by Crippen LogP contribution is -2.13. The summed E-state index contributed by atoms with van der Waals surface area (Å²) in [5.74, 6) is 0.953. The van der Waals surface area contributed by atoms with Crippen LogP contribution in [0.1, 0.15) is 11.1 Å². The highest BCUT2D eigenvalue weighted by Gasteiger charge is 2.14. The van der Waals surface area contributed by atoms with Crippen molar-refractivity contribution in [3.8, 4) is 29.4 Å². The SMILES string of the molecule is COc1cc(/C=C(\C#N)C(=O)Nc2ccc(OCc3ccccc3)cc2)cc(I)c1OCC#N. The van der Waals surface area contributed by atoms with Gasteiger partial charge in [-0.05, 0) is 76.2 Å². The Morgan fingerprint density at radius 2 is 1.79 bits per heavy atom. The Morgan fingerprint density at radius 3 is 2.44 bits per heavy atom. The van der Waals surface area contributed by atoms with Crippen molar-refractivity contribution in [2.24, 2.45) is 0 Å². The van der Waals surface area contributed by atoms with Crippen LogP contribution in [0.15, 0.2) is 72.3 Å². The molecule has 1 amide bonds. The average Bonchev–Trinajstić information content (AvgIpc) is 2.86. The molecule has 3 rings (SSSR count). The molecule has 0 bridgehead atoms. The number of hydrogen-bond donors (Lipinski definition) is 1. The highest BCUT2D eigenvalue weighted by Crippen LogP contribution is 2.34. The molecule has 7 nitrogen and oxygen atoms in total. The molecule has 3 aromatic carbocycles. The minimum atomic E-state index is -0.542. The van der Waals surface area contributed by atoms with Crippen LogP contribution >= 0.6 is 22.6 Å². The maximum Gasteiger partial charge on any atom is 0.266 e. The molecule has 0 aliphatic heterocycles. The predicted molar refractivity (Wildman–Crippen MR) is 136 cm³/mol. The van der Waals surface area contributed by atoms with E-state index in [0.717, 1.165) is 5.56 Å². The maximum absolute atomic E-state index is 12.7. The van der Waals surface area contributed by atoms with Crippen LogP contribution in [0.3, 0.4) is 0 Å². The van der Waals surface area contributed by atoms with E-state index in [1.807, 2.05) is 65.1 Å². The molecular weight excluding hydrogens is 545 g/mol. The molecule has 0 unspecified atom stereocenters. The Labute approximate surface area is 211 Å². The number of carbonyl (C=O) groups excluding carboxylic acids is 1. The first-order valence-electron chi connectivity index (χ1n) is 10.1. The van der Waals surface area contributed by atoms with Crippen molar-refractivity contribution in [2.45, 2.75) is 6.61 Å². The van der Waals surface area contributed by atoms with Gasteiger partial charge in [0.15, 0.2) is 18.1 Å². The summed E-state index contributed by atoms with van der Waals surface area (Å²) in [6, 6.07) is 23.9. The smallest absolute Gasteiger partial charge is 0.266 e. The van der Waals surface area contributed by atoms with Gasteiger partial charge in [0, 0.05) is 5.69 Å². The molecule has 8 heteroatoms. The van der Waals surface area contributed by atoms with Crippen LogP contribution in [0.25, 0.3) is 6.08 Å². The number of rotatable bonds is 9. The highest BCUT2D eigenvalue weighted by atomic mass is 127. The summed E-state index contributed by atoms with van der Waals surface area (Å²) in [5, 5.41) is 21.0. The largest absolute Gasteiger partial charge is 0.493 e. The van der Waals surface area contributed by atoms with E-state index >= 15 is 0 Å². The number of nitrogens with one attached hydrogen (secondary N) is 1. The van der Waals surface area contributed by atoms with Crippen LogP contribution < -0.4 is 19.5 Å². The van der Waals surface area contributed by atoms with Crippen molar-refractivity contribution >= 4 is 40.3 Å². The van der Waals surface area contributed by atoms with Crippen molar-refractivity contribution < 1.29 is 19.0 Å². The van der Waals surface area contributed by atoms with Gasteiger partial charge in [-0.25, -0.2) is 0 Å². The number of carbonyl (C=O) groups is 1. The van der Waals surface area contributed by atoms with Gasteiger partial charge in [-0.3, -0.25) is 4.79 Å². The van der Waals surface area contributed by atoms with E-state index in [4.69, 9.17) is 19.5 Å². The first kappa shape index (κ1) is 24.6. The molecule has 0 aliphatic carbocycles. The summed E-state index contributed by atoms with van der Waals surface area (Å²) in [6.07, 6.45) is 1.46. The monoisotopic (exact) mass is 565 g/mol. The van der Waals surface area contributed by atoms with Crippen LogP contribution in [0, 0.1) is 26.2 Å². The van der Waals surface area contributed by atoms with Gasteiger partial charge in [-0.1, -0.05) is 30.3 Å². The number of methoxy groups -OCH3 is 1. The lowest BCUT2D eigenvalue weighted by atomic mass is 10.1. The van der Waals surface area contributed by atoms with Gasteiger partial charge in [0.05, 0.1) is 10.7 Å². The Hall–Kier alpha value is -4.02. The van der Waals surface area contributed by atoms with Gasteiger partial charge in [-0.2, -0.15) is 10.5 Å². The predicted octanol–water partition coefficient (Wildman–Crippen LogP) is 5.33. The van der Waals surface area contributed by atoms with E-state index in [0.29, 0.717) is 38.7 Å². The molecule has 0 spiro atoms. The van der Waals surface area contributed by atoms with Crippen LogP contribution in [-0.4, -0.2) is 19.6 Å². The zero-order chi connectivity index (χ0) is 24.3. The molecule has 1 N–H and O–H groups in total. The molecule has 0 saturated carbocycles. The molecular formula is C26H20IN3O4. The summed E-state index contributed by atoms with van der Waals surface area (Å²) < 4.78 is 17.2. The van der Waals surface area contributed by atoms with E-state index in [1.54, 1.807) is 36.4 Å². The number of hydrogen-bond acceptors (Lipinski definition) is 6. The molecule has 0 aromatic heterocycles. The second kappa shape index (κ2) is 12.3. The summed E-state index contributed by atoms with van der Waals surface area (Å²) in [6.45, 7) is 0.319. The quantitative estimate of drug-likeness (QED) is 0.214. The van der Waals surface area contributed by atoms with Crippen LogP contribution in [-0.2, 0) is 11.4 Å². The fourth-order valence-corrected chi connectivity index (χ4v) is 3.74. The van der Waals surface area contributed by atoms with E-state index in [9.17, 15) is 10.1 Å². The third-order valence-corrected chi connectivity index (χ3v) is 5.37. The van der Waals surface area contributed by atoms with Crippen molar-refractivity contribution in [3.63, 3.8) is 0 Å². The molecule has 34 heavy (non-hydrogen) atoms. The fourth-order valence-electron chi connectivity index (χ4n) is 2.96. The van der Waals surface area contributed by atoms with Crippen molar-refractivity contribution in [3.05, 3.63) is 87.0 Å². The summed E-state index contributed by atoms with van der Waals surface area (Å²) in [5.41, 5.74) is 2.10. The Kier molecular flexibility index (Phi) is 8.89. The molecule has 3 aromatic rings. The number of nitriles is 2. The topological polar surface area (TPSA) is 104 Å². The highest BCUT2D eigenvalue weighted by molar-refractivity contribution is 14.1. The first-order chi connectivity index (χ1) is 16.5. The van der Waals surface area contributed by atoms with Crippen LogP contribution in [0.4, 0.5) is 5.69 Å². The molecule has 0 heterocycles. The summed E-state index contributed by atoms with van der Waals surface area (Å²) in [7, 11) is 1.48. The van der Waals surface area contributed by atoms with Crippen molar-refractivity contribution in [1.29, 1.82) is 10.5 Å². The zero-order valence-electron chi connectivity index (χ0n) is 18.2. The average molecular weight is 565 g/mol. The van der Waals surface area contributed by atoms with Crippen molar-refractivity contribution in [1.82, 2.24) is 0 Å². The standard InChI is InChI=1S/C26H20IN3O4/c1-32-24-15-19(14-23(27)25(24)33-12-11-28)13-20(16-29)26(31)30-21-7-9-22(10-8-21)34-17-18-5-3-2-4-6-18/h2-10,13-15H,12,17H2,1H3,(H,30,31)/b20-13+. The van der Waals surface area contributed by atoms with Gasteiger partial charge >= 0.3 is 0 Å². The van der Waals surface area contributed by atoms with Gasteiger partial charge in [0.2, 0.25) is 0 Å². The number of benzene rings is 3. The fraction of sp³-hybridized carbons (Fsp3) is 0.115. The van der Waals surface area contributed by atoms with Crippen LogP contribution in [0.2, 0.25) is 0 Å². The Balaban J connectivity index is 1.69. The third-order valence-electron chi connectivity index (χ3n) is 4.57. The van der Waals surface area contributed by atoms with E-state index < -0.39 is 5.91 Å². The second-order valence-electron chi connectivity index (χ2n) is 6.90. The summed E-state index contributed by atoms with van der Waals surface area (Å²) in [4.78, 5) is 12.7. The minimum absolute atomic E-state index is 0.0760. The lowest BCUT2D eigenvalue weighted by Gasteiger charge is -2.12. The number of amides is 1. The van der Waals surface area contributed by atoms with Gasteiger partial charge in [0.25, 0.3) is 5.91 Å². The third kappa shape index (κ3) is 6.74. The Morgan fingerprint density at radius 1 is 1.06 bits per heavy atom. The lowest BCUT2D eigenvalue weighted by molar-refractivity contribution is -0.112. The normalized spacial score (nSPS) is 10.5. The van der Waals surface area contributed by atoms with Crippen molar-refractivity contribution in [2.75, 3.05) is 19.0 Å². The summed E-state index contributed by atoms with van der Waals surface area (Å²) >= 11 is 2.04. The van der Waals surface area contributed by atoms with Gasteiger partial charge in [0.1, 0.15) is 30.1 Å². The van der Waals surface area contributed by atoms with Crippen LogP contribution in [0.5, 0.6) is 17.2 Å². The molecule has 0 aliphatic rings. The molecule has 0 radical (unpaired) electrons. The number of nitrogens with zero attached hydrogens (tertiary/aromatic N) is 2. The second-order valence-corrected chi connectivity index (χ2v) is 8.07. The molecule has 0 fully saturated rings. The minimum Gasteiger partial charge on any atom is -0.493 e. The van der Waals surface area contributed by atoms with E-state index in [-0.39, 0.29) is 12.2 Å². The number of ether oxygens (including phenoxy) is 3. The van der Waals surface area contributed by atoms with E-state index in [2.05, 4.69) is 5.32 Å². The number of anilines is 1. The molecule has 0 atom stereocenters. The van der Waals surface area contributed by atoms with E-state index in [1.165, 1.54) is 13.2 Å². The first-order valence-corrected chi connectivity index (χ1v) is 11.2. The maximum atomic E-state index is 12.7. The van der Waals surface area contributed by atoms with Gasteiger partial charge < -0.3 is 19.5 Å². The number of halogens is 1. The molecule has 0 saturated heterocycles.